The first-order valence-corrected chi connectivity index (χ1v) is 42.5. The van der Waals surface area contributed by atoms with Crippen LogP contribution in [0.1, 0.15) is 362 Å². The minimum absolute atomic E-state index is 0.0822. The van der Waals surface area contributed by atoms with Gasteiger partial charge in [0.2, 0.25) is 0 Å². The summed E-state index contributed by atoms with van der Waals surface area (Å²) in [5.41, 5.74) is 0. The van der Waals surface area contributed by atoms with Gasteiger partial charge < -0.3 is 33.8 Å². The van der Waals surface area contributed by atoms with Gasteiger partial charge in [0, 0.05) is 25.7 Å². The van der Waals surface area contributed by atoms with Gasteiger partial charge in [-0.1, -0.05) is 288 Å². The summed E-state index contributed by atoms with van der Waals surface area (Å²) in [6, 6.07) is 0. The average molecular weight is 1430 g/mol. The van der Waals surface area contributed by atoms with Crippen LogP contribution in [0.2, 0.25) is 0 Å². The Morgan fingerprint density at radius 2 is 0.531 bits per heavy atom. The molecular weight excluding hydrogens is 1280 g/mol. The van der Waals surface area contributed by atoms with Crippen molar-refractivity contribution < 1.29 is 80.2 Å². The van der Waals surface area contributed by atoms with Crippen molar-refractivity contribution in [1.82, 2.24) is 0 Å². The second kappa shape index (κ2) is 72.1. The Morgan fingerprint density at radius 1 is 0.296 bits per heavy atom. The van der Waals surface area contributed by atoms with Gasteiger partial charge in [-0.05, 0) is 109 Å². The molecule has 0 fully saturated rings. The molecule has 0 saturated heterocycles. The van der Waals surface area contributed by atoms with E-state index in [1.54, 1.807) is 0 Å². The Bertz CT molecular complexity index is 2100. The molecule has 572 valence electrons. The summed E-state index contributed by atoms with van der Waals surface area (Å²) in [6.07, 6.45) is 70.5. The van der Waals surface area contributed by atoms with Gasteiger partial charge in [-0.25, -0.2) is 9.13 Å². The second-order valence-corrected chi connectivity index (χ2v) is 29.6. The molecule has 19 heteroatoms. The van der Waals surface area contributed by atoms with Gasteiger partial charge in [-0.2, -0.15) is 0 Å². The SMILES string of the molecule is CCCCC/C=C\C/C=C\CCCCCCCC(=O)OC[C@H](COP(=O)(O)OC[C@@H](O)COP(=O)(O)OC[C@@H](COC(=O)CCCCCCCCCCCCCCC)OC(=O)CCCCCCC/C=C\C=C/CCCCCC)OC(=O)CCCCCCC/C=C\CCCCCCCC. The van der Waals surface area contributed by atoms with Gasteiger partial charge in [-0.15, -0.1) is 0 Å². The number of hydrogen-bond donors (Lipinski definition) is 3. The Balaban J connectivity index is 5.35. The van der Waals surface area contributed by atoms with Gasteiger partial charge in [0.15, 0.2) is 12.2 Å². The summed E-state index contributed by atoms with van der Waals surface area (Å²) in [4.78, 5) is 72.9. The minimum atomic E-state index is -4.97. The third-order valence-corrected chi connectivity index (χ3v) is 18.9. The molecule has 0 spiro atoms. The summed E-state index contributed by atoms with van der Waals surface area (Å²) >= 11 is 0. The molecule has 3 N–H and O–H groups in total. The van der Waals surface area contributed by atoms with Crippen LogP contribution in [-0.4, -0.2) is 96.7 Å². The highest BCUT2D eigenvalue weighted by molar-refractivity contribution is 7.47. The summed E-state index contributed by atoms with van der Waals surface area (Å²) < 4.78 is 68.5. The molecule has 0 amide bonds. The van der Waals surface area contributed by atoms with Crippen LogP contribution >= 0.6 is 15.6 Å². The van der Waals surface area contributed by atoms with Crippen molar-refractivity contribution in [3.05, 3.63) is 60.8 Å². The molecule has 5 atom stereocenters. The molecule has 0 aromatic heterocycles. The van der Waals surface area contributed by atoms with Crippen LogP contribution in [0.25, 0.3) is 0 Å². The molecule has 0 saturated carbocycles. The number of rotatable bonds is 75. The average Bonchev–Trinajstić information content (AvgIpc) is 1.04. The number of unbranched alkanes of at least 4 members (excludes halogenated alkanes) is 40. The van der Waals surface area contributed by atoms with Crippen molar-refractivity contribution in [2.24, 2.45) is 0 Å². The summed E-state index contributed by atoms with van der Waals surface area (Å²) in [7, 11) is -9.95. The summed E-state index contributed by atoms with van der Waals surface area (Å²) in [5, 5.41) is 10.6. The van der Waals surface area contributed by atoms with Gasteiger partial charge in [0.05, 0.1) is 26.4 Å². The quantitative estimate of drug-likeness (QED) is 0.0128. The van der Waals surface area contributed by atoms with Crippen LogP contribution in [0.5, 0.6) is 0 Å². The van der Waals surface area contributed by atoms with Crippen molar-refractivity contribution >= 4 is 39.5 Å². The summed E-state index contributed by atoms with van der Waals surface area (Å²) in [5.74, 6) is -2.18. The van der Waals surface area contributed by atoms with Crippen LogP contribution in [-0.2, 0) is 65.4 Å². The topological polar surface area (TPSA) is 237 Å². The van der Waals surface area contributed by atoms with Crippen molar-refractivity contribution in [1.29, 1.82) is 0 Å². The molecule has 0 aromatic rings. The van der Waals surface area contributed by atoms with Crippen LogP contribution in [0, 0.1) is 0 Å². The number of aliphatic hydroxyl groups excluding tert-OH is 1. The van der Waals surface area contributed by atoms with Gasteiger partial charge >= 0.3 is 39.5 Å². The van der Waals surface area contributed by atoms with Crippen LogP contribution < -0.4 is 0 Å². The molecular formula is C79H144O17P2. The van der Waals surface area contributed by atoms with Crippen LogP contribution in [0.3, 0.4) is 0 Å². The number of phosphoric ester groups is 2. The smallest absolute Gasteiger partial charge is 0.462 e. The molecule has 0 aliphatic rings. The third-order valence-electron chi connectivity index (χ3n) is 17.0. The largest absolute Gasteiger partial charge is 0.472 e. The van der Waals surface area contributed by atoms with Crippen molar-refractivity contribution in [3.63, 3.8) is 0 Å². The maximum Gasteiger partial charge on any atom is 0.472 e. The fraction of sp³-hybridized carbons (Fsp3) is 0.823. The lowest BCUT2D eigenvalue weighted by atomic mass is 10.0. The van der Waals surface area contributed by atoms with E-state index in [4.69, 9.17) is 37.0 Å². The van der Waals surface area contributed by atoms with E-state index >= 15 is 0 Å². The standard InChI is InChI=1S/C79H144O17P2/c1-5-9-13-17-21-25-29-33-36-40-44-48-52-56-60-64-77(82)90-70-75(96-79(84)66-62-58-54-50-46-42-38-35-31-27-23-19-15-11-7-3)72-94-98(87,88)92-68-73(80)67-91-97(85,86)93-71-74(69-89-76(81)63-59-55-51-47-43-39-32-28-24-20-16-12-8-4)95-78(83)65-61-57-53-49-45-41-37-34-30-26-22-18-14-10-6-2/h21,25-26,30,33-38,73-75,80H,5-20,22-24,27-29,31-32,39-72H2,1-4H3,(H,85,86)(H,87,88)/b25-21-,30-26-,36-33-,37-34-,38-35-/t73-,74+,75+/m0/s1. The first kappa shape index (κ1) is 94.8. The van der Waals surface area contributed by atoms with E-state index in [2.05, 4.69) is 88.5 Å². The first-order valence-electron chi connectivity index (χ1n) is 39.5. The van der Waals surface area contributed by atoms with E-state index in [1.165, 1.54) is 141 Å². The predicted octanol–water partition coefficient (Wildman–Crippen LogP) is 22.7. The molecule has 0 heterocycles. The second-order valence-electron chi connectivity index (χ2n) is 26.7. The summed E-state index contributed by atoms with van der Waals surface area (Å²) in [6.45, 7) is 4.84. The van der Waals surface area contributed by atoms with E-state index < -0.39 is 97.5 Å². The molecule has 0 aliphatic heterocycles. The molecule has 0 radical (unpaired) electrons. The molecule has 0 aliphatic carbocycles. The van der Waals surface area contributed by atoms with Gasteiger partial charge in [-0.3, -0.25) is 37.3 Å². The molecule has 0 rings (SSSR count). The lowest BCUT2D eigenvalue weighted by Crippen LogP contribution is -2.30. The molecule has 0 bridgehead atoms. The Kier molecular flexibility index (Phi) is 69.7. The maximum absolute atomic E-state index is 13.1. The van der Waals surface area contributed by atoms with E-state index in [9.17, 15) is 43.2 Å². The molecule has 17 nitrogen and oxygen atoms in total. The zero-order valence-corrected chi connectivity index (χ0v) is 64.3. The fourth-order valence-electron chi connectivity index (χ4n) is 10.9. The molecule has 98 heavy (non-hydrogen) atoms. The van der Waals surface area contributed by atoms with Crippen LogP contribution in [0.4, 0.5) is 0 Å². The number of aliphatic hydroxyl groups is 1. The number of ether oxygens (including phenoxy) is 4. The minimum Gasteiger partial charge on any atom is -0.462 e. The highest BCUT2D eigenvalue weighted by Gasteiger charge is 2.30. The van der Waals surface area contributed by atoms with Crippen molar-refractivity contribution in [2.75, 3.05) is 39.6 Å². The molecule has 2 unspecified atom stereocenters. The number of phosphoric acid groups is 2. The van der Waals surface area contributed by atoms with Crippen LogP contribution in [0.15, 0.2) is 60.8 Å². The first-order chi connectivity index (χ1) is 47.7. The van der Waals surface area contributed by atoms with E-state index in [1.807, 2.05) is 0 Å². The molecule has 0 aromatic carbocycles. The Labute approximate surface area is 597 Å². The zero-order valence-electron chi connectivity index (χ0n) is 62.5. The fourth-order valence-corrected chi connectivity index (χ4v) is 12.5. The zero-order chi connectivity index (χ0) is 71.8. The number of esters is 4. The number of hydrogen-bond acceptors (Lipinski definition) is 15. The van der Waals surface area contributed by atoms with E-state index in [0.29, 0.717) is 25.7 Å². The number of carbonyl (C=O) groups is 4. The number of allylic oxidation sites excluding steroid dienone is 10. The highest BCUT2D eigenvalue weighted by Crippen LogP contribution is 2.45. The highest BCUT2D eigenvalue weighted by atomic mass is 31.2. The third kappa shape index (κ3) is 71.2. The normalized spacial score (nSPS) is 14.2. The van der Waals surface area contributed by atoms with Crippen molar-refractivity contribution in [3.8, 4) is 0 Å². The van der Waals surface area contributed by atoms with Gasteiger partial charge in [0.25, 0.3) is 0 Å². The lowest BCUT2D eigenvalue weighted by Gasteiger charge is -2.21. The predicted molar refractivity (Wildman–Crippen MR) is 400 cm³/mol. The van der Waals surface area contributed by atoms with E-state index in [-0.39, 0.29) is 25.7 Å². The lowest BCUT2D eigenvalue weighted by molar-refractivity contribution is -0.161. The van der Waals surface area contributed by atoms with Gasteiger partial charge in [0.1, 0.15) is 19.3 Å². The monoisotopic (exact) mass is 1430 g/mol. The van der Waals surface area contributed by atoms with Crippen molar-refractivity contribution in [2.45, 2.75) is 380 Å². The number of carbonyl (C=O) groups excluding carboxylic acids is 4. The Morgan fingerprint density at radius 3 is 0.857 bits per heavy atom. The Hall–Kier alpha value is -3.24. The van der Waals surface area contributed by atoms with E-state index in [0.717, 1.165) is 141 Å². The maximum atomic E-state index is 13.1.